The summed E-state index contributed by atoms with van der Waals surface area (Å²) in [6.07, 6.45) is -0.912. The Morgan fingerprint density at radius 1 is 0.875 bits per heavy atom. The monoisotopic (exact) mass is 472 g/mol. The third-order valence-corrected chi connectivity index (χ3v) is 8.82. The van der Waals surface area contributed by atoms with Crippen molar-refractivity contribution in [2.45, 2.75) is 16.4 Å². The molecule has 32 heavy (non-hydrogen) atoms. The van der Waals surface area contributed by atoms with E-state index in [1.54, 1.807) is 17.5 Å². The molecule has 0 spiro atoms. The van der Waals surface area contributed by atoms with Crippen LogP contribution in [-0.2, 0) is 14.8 Å². The molecule has 4 rings (SSSR count). The molecule has 0 bridgehead atoms. The molecule has 6 nitrogen and oxygen atoms in total. The molecular formula is C24H28N2O4S2. The number of hydrogen-bond acceptors (Lipinski definition) is 6. The summed E-state index contributed by atoms with van der Waals surface area (Å²) < 4.78 is 33.4. The van der Waals surface area contributed by atoms with E-state index in [4.69, 9.17) is 4.74 Å². The minimum atomic E-state index is -3.42. The third kappa shape index (κ3) is 5.64. The minimum absolute atomic E-state index is 0.197. The summed E-state index contributed by atoms with van der Waals surface area (Å²) in [5.74, 6) is 0. The van der Waals surface area contributed by atoms with Gasteiger partial charge in [0.15, 0.2) is 0 Å². The number of thiophene rings is 1. The summed E-state index contributed by atoms with van der Waals surface area (Å²) in [5.41, 5.74) is 2.08. The zero-order valence-corrected chi connectivity index (χ0v) is 19.4. The summed E-state index contributed by atoms with van der Waals surface area (Å²) in [5, 5.41) is 12.4. The molecule has 3 aromatic rings. The molecule has 1 atom stereocenters. The topological polar surface area (TPSA) is 70.1 Å². The standard InChI is InChI=1S/C24H28N2O4S2/c27-22(18-25-13-15-26(16-14-25)32(28,29)23-12-7-17-31-23)19-30-24(20-8-3-1-4-9-20)21-10-5-2-6-11-21/h1-12,17,22,24,27H,13-16,18-19H2/t22-/m1/s1. The zero-order valence-electron chi connectivity index (χ0n) is 17.8. The number of ether oxygens (including phenoxy) is 1. The minimum Gasteiger partial charge on any atom is -0.389 e. The van der Waals surface area contributed by atoms with Gasteiger partial charge in [-0.25, -0.2) is 8.42 Å². The van der Waals surface area contributed by atoms with Gasteiger partial charge in [-0.3, -0.25) is 4.90 Å². The lowest BCUT2D eigenvalue weighted by Gasteiger charge is -2.34. The molecule has 0 unspecified atom stereocenters. The maximum absolute atomic E-state index is 12.7. The molecular weight excluding hydrogens is 444 g/mol. The highest BCUT2D eigenvalue weighted by Gasteiger charge is 2.29. The SMILES string of the molecule is O=S(=O)(c1cccs1)N1CCN(C[C@@H](O)COC(c2ccccc2)c2ccccc2)CC1. The summed E-state index contributed by atoms with van der Waals surface area (Å²) in [6.45, 7) is 2.66. The lowest BCUT2D eigenvalue weighted by Crippen LogP contribution is -2.50. The van der Waals surface area contributed by atoms with Gasteiger partial charge in [-0.2, -0.15) is 4.31 Å². The maximum Gasteiger partial charge on any atom is 0.252 e. The average molecular weight is 473 g/mol. The fourth-order valence-corrected chi connectivity index (χ4v) is 6.46. The quantitative estimate of drug-likeness (QED) is 0.518. The molecule has 1 fully saturated rings. The fraction of sp³-hybridized carbons (Fsp3) is 0.333. The first-order valence-electron chi connectivity index (χ1n) is 10.7. The fourth-order valence-electron chi connectivity index (χ4n) is 3.89. The van der Waals surface area contributed by atoms with Crippen molar-refractivity contribution in [2.24, 2.45) is 0 Å². The van der Waals surface area contributed by atoms with Crippen LogP contribution in [0.4, 0.5) is 0 Å². The maximum atomic E-state index is 12.7. The van der Waals surface area contributed by atoms with E-state index in [0.717, 1.165) is 11.1 Å². The molecule has 1 aromatic heterocycles. The number of benzene rings is 2. The van der Waals surface area contributed by atoms with E-state index in [1.807, 2.05) is 60.7 Å². The van der Waals surface area contributed by atoms with Crippen LogP contribution in [0.3, 0.4) is 0 Å². The van der Waals surface area contributed by atoms with Crippen molar-refractivity contribution in [3.05, 3.63) is 89.3 Å². The molecule has 8 heteroatoms. The summed E-state index contributed by atoms with van der Waals surface area (Å²) in [7, 11) is -3.42. The largest absolute Gasteiger partial charge is 0.389 e. The molecule has 0 radical (unpaired) electrons. The van der Waals surface area contributed by atoms with Crippen LogP contribution in [0.1, 0.15) is 17.2 Å². The van der Waals surface area contributed by atoms with E-state index < -0.39 is 16.1 Å². The number of β-amino-alcohol motifs (C(OH)–C–C–N with tert-alkyl or cyclic N) is 1. The van der Waals surface area contributed by atoms with Crippen LogP contribution in [0, 0.1) is 0 Å². The van der Waals surface area contributed by atoms with Crippen LogP contribution >= 0.6 is 11.3 Å². The number of nitrogens with zero attached hydrogens (tertiary/aromatic N) is 2. The Labute approximate surface area is 193 Å². The molecule has 1 aliphatic rings. The lowest BCUT2D eigenvalue weighted by atomic mass is 10.0. The van der Waals surface area contributed by atoms with Crippen molar-refractivity contribution in [3.8, 4) is 0 Å². The van der Waals surface area contributed by atoms with Gasteiger partial charge in [0.1, 0.15) is 10.3 Å². The Bertz CT molecular complexity index is 1010. The van der Waals surface area contributed by atoms with Crippen LogP contribution in [0.15, 0.2) is 82.4 Å². The number of rotatable bonds is 9. The van der Waals surface area contributed by atoms with E-state index in [2.05, 4.69) is 4.90 Å². The van der Waals surface area contributed by atoms with Crippen molar-refractivity contribution in [1.82, 2.24) is 9.21 Å². The number of hydrogen-bond donors (Lipinski definition) is 1. The summed E-state index contributed by atoms with van der Waals surface area (Å²) in [6, 6.07) is 23.4. The molecule has 1 N–H and O–H groups in total. The smallest absolute Gasteiger partial charge is 0.252 e. The Hall–Kier alpha value is -2.07. The molecule has 1 aliphatic heterocycles. The van der Waals surface area contributed by atoms with Crippen LogP contribution in [0.25, 0.3) is 0 Å². The third-order valence-electron chi connectivity index (χ3n) is 5.55. The molecule has 1 saturated heterocycles. The first kappa shape index (κ1) is 23.1. The van der Waals surface area contributed by atoms with Crippen LogP contribution in [0.5, 0.6) is 0 Å². The number of piperazine rings is 1. The lowest BCUT2D eigenvalue weighted by molar-refractivity contribution is -0.0117. The van der Waals surface area contributed by atoms with Gasteiger partial charge in [-0.15, -0.1) is 11.3 Å². The average Bonchev–Trinajstić information content (AvgIpc) is 3.37. The van der Waals surface area contributed by atoms with E-state index in [-0.39, 0.29) is 12.7 Å². The number of aliphatic hydroxyl groups is 1. The molecule has 2 aromatic carbocycles. The first-order chi connectivity index (χ1) is 15.5. The van der Waals surface area contributed by atoms with Gasteiger partial charge in [0, 0.05) is 32.7 Å². The Morgan fingerprint density at radius 2 is 1.47 bits per heavy atom. The Morgan fingerprint density at radius 3 is 2.00 bits per heavy atom. The highest BCUT2D eigenvalue weighted by Crippen LogP contribution is 2.26. The van der Waals surface area contributed by atoms with Gasteiger partial charge >= 0.3 is 0 Å². The van der Waals surface area contributed by atoms with Crippen molar-refractivity contribution in [3.63, 3.8) is 0 Å². The van der Waals surface area contributed by atoms with Crippen molar-refractivity contribution >= 4 is 21.4 Å². The highest BCUT2D eigenvalue weighted by atomic mass is 32.2. The first-order valence-corrected chi connectivity index (χ1v) is 13.0. The van der Waals surface area contributed by atoms with E-state index >= 15 is 0 Å². The second-order valence-corrected chi connectivity index (χ2v) is 10.9. The van der Waals surface area contributed by atoms with Gasteiger partial charge in [-0.05, 0) is 22.6 Å². The van der Waals surface area contributed by atoms with Gasteiger partial charge in [0.05, 0.1) is 12.7 Å². The highest BCUT2D eigenvalue weighted by molar-refractivity contribution is 7.91. The molecule has 0 amide bonds. The second-order valence-electron chi connectivity index (χ2n) is 7.83. The molecule has 0 saturated carbocycles. The Balaban J connectivity index is 1.30. The van der Waals surface area contributed by atoms with Gasteiger partial charge in [0.25, 0.3) is 10.0 Å². The number of sulfonamides is 1. The predicted molar refractivity (Wildman–Crippen MR) is 126 cm³/mol. The van der Waals surface area contributed by atoms with E-state index in [9.17, 15) is 13.5 Å². The normalized spacial score (nSPS) is 16.9. The summed E-state index contributed by atoms with van der Waals surface area (Å²) >= 11 is 1.24. The van der Waals surface area contributed by atoms with Gasteiger partial charge in [-0.1, -0.05) is 66.7 Å². The second kappa shape index (κ2) is 10.7. The molecule has 170 valence electrons. The van der Waals surface area contributed by atoms with E-state index in [1.165, 1.54) is 15.6 Å². The van der Waals surface area contributed by atoms with Crippen LogP contribution in [0.2, 0.25) is 0 Å². The van der Waals surface area contributed by atoms with Gasteiger partial charge in [0.2, 0.25) is 0 Å². The van der Waals surface area contributed by atoms with Crippen LogP contribution in [-0.4, -0.2) is 68.2 Å². The summed E-state index contributed by atoms with van der Waals surface area (Å²) in [4.78, 5) is 2.09. The van der Waals surface area contributed by atoms with Crippen molar-refractivity contribution < 1.29 is 18.3 Å². The molecule has 0 aliphatic carbocycles. The van der Waals surface area contributed by atoms with Gasteiger partial charge < -0.3 is 9.84 Å². The van der Waals surface area contributed by atoms with Crippen LogP contribution < -0.4 is 0 Å². The number of aliphatic hydroxyl groups excluding tert-OH is 1. The van der Waals surface area contributed by atoms with Crippen molar-refractivity contribution in [2.75, 3.05) is 39.3 Å². The van der Waals surface area contributed by atoms with E-state index in [0.29, 0.717) is 36.9 Å². The molecule has 2 heterocycles. The Kier molecular flexibility index (Phi) is 7.72. The van der Waals surface area contributed by atoms with Crippen molar-refractivity contribution in [1.29, 1.82) is 0 Å². The zero-order chi connectivity index (χ0) is 22.4. The predicted octanol–water partition coefficient (Wildman–Crippen LogP) is 3.22.